The molecule has 0 aromatic heterocycles. The van der Waals surface area contributed by atoms with Crippen molar-refractivity contribution in [3.63, 3.8) is 0 Å². The van der Waals surface area contributed by atoms with Crippen LogP contribution >= 0.6 is 0 Å². The third-order valence-corrected chi connectivity index (χ3v) is 4.92. The van der Waals surface area contributed by atoms with Crippen LogP contribution in [0.1, 0.15) is 84.5 Å². The first-order valence-electron chi connectivity index (χ1n) is 9.57. The minimum absolute atomic E-state index is 0.178. The molecule has 2 aromatic carbocycles. The average molecular weight is 398 g/mol. The van der Waals surface area contributed by atoms with Crippen LogP contribution in [-0.4, -0.2) is 22.2 Å². The highest BCUT2D eigenvalue weighted by atomic mass is 16.5. The summed E-state index contributed by atoms with van der Waals surface area (Å²) in [6.07, 6.45) is 0. The van der Waals surface area contributed by atoms with Gasteiger partial charge in [-0.25, -0.2) is 9.59 Å². The molecule has 5 nitrogen and oxygen atoms in total. The van der Waals surface area contributed by atoms with Crippen molar-refractivity contribution in [1.29, 1.82) is 0 Å². The molecule has 0 fully saturated rings. The first-order chi connectivity index (χ1) is 13.1. The van der Waals surface area contributed by atoms with Gasteiger partial charge in [0.25, 0.3) is 0 Å². The van der Waals surface area contributed by atoms with Gasteiger partial charge in [-0.2, -0.15) is 0 Å². The van der Waals surface area contributed by atoms with Crippen LogP contribution in [-0.2, 0) is 10.8 Å². The van der Waals surface area contributed by atoms with Crippen molar-refractivity contribution < 1.29 is 24.5 Å². The van der Waals surface area contributed by atoms with Crippen molar-refractivity contribution in [2.45, 2.75) is 66.2 Å². The maximum absolute atomic E-state index is 12.9. The highest BCUT2D eigenvalue weighted by molar-refractivity contribution is 5.93. The number of aryl methyl sites for hydroxylation is 2. The number of aromatic carboxylic acids is 1. The Kier molecular flexibility index (Phi) is 5.84. The van der Waals surface area contributed by atoms with E-state index in [9.17, 15) is 19.8 Å². The zero-order chi connectivity index (χ0) is 22.3. The third-order valence-electron chi connectivity index (χ3n) is 4.92. The largest absolute Gasteiger partial charge is 0.507 e. The number of hydrogen-bond donors (Lipinski definition) is 2. The number of benzene rings is 2. The second-order valence-electron chi connectivity index (χ2n) is 9.55. The summed E-state index contributed by atoms with van der Waals surface area (Å²) in [4.78, 5) is 24.2. The van der Waals surface area contributed by atoms with Crippen molar-refractivity contribution in [2.75, 3.05) is 0 Å². The molecule has 0 unspecified atom stereocenters. The Hall–Kier alpha value is -2.82. The van der Waals surface area contributed by atoms with Crippen LogP contribution in [0.2, 0.25) is 0 Å². The molecule has 0 aliphatic carbocycles. The van der Waals surface area contributed by atoms with E-state index in [2.05, 4.69) is 0 Å². The number of rotatable bonds is 3. The fraction of sp³-hybridized carbons (Fsp3) is 0.417. The lowest BCUT2D eigenvalue weighted by Crippen LogP contribution is -2.20. The number of carbonyl (C=O) groups excluding carboxylic acids is 1. The molecule has 0 saturated heterocycles. The Balaban J connectivity index is 2.54. The molecule has 0 aliphatic rings. The van der Waals surface area contributed by atoms with Crippen LogP contribution in [0.3, 0.4) is 0 Å². The molecule has 2 N–H and O–H groups in total. The number of aromatic hydroxyl groups is 1. The summed E-state index contributed by atoms with van der Waals surface area (Å²) in [6, 6.07) is 6.39. The zero-order valence-corrected chi connectivity index (χ0v) is 18.4. The standard InChI is InChI=1S/C24H30O5/c1-13-10-19(14(2)9-16(13)21(26)27)29-22(28)15-11-17(23(3,4)5)20(25)18(12-15)24(6,7)8/h9-12,25H,1-8H3,(H,26,27). The molecular weight excluding hydrogens is 368 g/mol. The van der Waals surface area contributed by atoms with E-state index in [-0.39, 0.29) is 22.1 Å². The molecule has 0 aliphatic heterocycles. The van der Waals surface area contributed by atoms with E-state index < -0.39 is 11.9 Å². The zero-order valence-electron chi connectivity index (χ0n) is 18.4. The second-order valence-corrected chi connectivity index (χ2v) is 9.55. The molecule has 5 heteroatoms. The van der Waals surface area contributed by atoms with Crippen LogP contribution in [0.5, 0.6) is 11.5 Å². The number of carboxylic acid groups (broad SMARTS) is 1. The van der Waals surface area contributed by atoms with Crippen molar-refractivity contribution in [1.82, 2.24) is 0 Å². The highest BCUT2D eigenvalue weighted by Gasteiger charge is 2.28. The van der Waals surface area contributed by atoms with E-state index in [0.29, 0.717) is 33.6 Å². The van der Waals surface area contributed by atoms with Gasteiger partial charge in [0.05, 0.1) is 11.1 Å². The molecule has 29 heavy (non-hydrogen) atoms. The molecule has 0 radical (unpaired) electrons. The summed E-state index contributed by atoms with van der Waals surface area (Å²) in [5, 5.41) is 20.1. The molecule has 2 aromatic rings. The number of phenolic OH excluding ortho intramolecular Hbond substituents is 1. The summed E-state index contributed by atoms with van der Waals surface area (Å²) in [7, 11) is 0. The van der Waals surface area contributed by atoms with Gasteiger partial charge in [0.15, 0.2) is 0 Å². The van der Waals surface area contributed by atoms with E-state index >= 15 is 0 Å². The number of carboxylic acids is 1. The Labute approximate surface area is 172 Å². The minimum atomic E-state index is -1.02. The monoisotopic (exact) mass is 398 g/mol. The van der Waals surface area contributed by atoms with Crippen LogP contribution in [0, 0.1) is 13.8 Å². The quantitative estimate of drug-likeness (QED) is 0.525. The van der Waals surface area contributed by atoms with Gasteiger partial charge < -0.3 is 14.9 Å². The fourth-order valence-electron chi connectivity index (χ4n) is 3.18. The fourth-order valence-corrected chi connectivity index (χ4v) is 3.18. The second kappa shape index (κ2) is 7.54. The van der Waals surface area contributed by atoms with Gasteiger partial charge >= 0.3 is 11.9 Å². The van der Waals surface area contributed by atoms with Gasteiger partial charge in [0.1, 0.15) is 11.5 Å². The van der Waals surface area contributed by atoms with Crippen LogP contribution in [0.15, 0.2) is 24.3 Å². The third kappa shape index (κ3) is 4.78. The van der Waals surface area contributed by atoms with Crippen molar-refractivity contribution in [3.05, 3.63) is 57.6 Å². The number of phenols is 1. The Morgan fingerprint density at radius 3 is 1.72 bits per heavy atom. The Morgan fingerprint density at radius 1 is 0.828 bits per heavy atom. The summed E-state index contributed by atoms with van der Waals surface area (Å²) >= 11 is 0. The number of esters is 1. The summed E-state index contributed by atoms with van der Waals surface area (Å²) in [6.45, 7) is 15.2. The summed E-state index contributed by atoms with van der Waals surface area (Å²) in [5.41, 5.74) is 2.21. The average Bonchev–Trinajstić information content (AvgIpc) is 2.55. The van der Waals surface area contributed by atoms with Crippen LogP contribution < -0.4 is 4.74 Å². The molecule has 0 spiro atoms. The lowest BCUT2D eigenvalue weighted by atomic mass is 9.78. The van der Waals surface area contributed by atoms with Gasteiger partial charge in [-0.15, -0.1) is 0 Å². The van der Waals surface area contributed by atoms with Gasteiger partial charge in [-0.1, -0.05) is 41.5 Å². The first kappa shape index (κ1) is 22.5. The van der Waals surface area contributed by atoms with Gasteiger partial charge in [0.2, 0.25) is 0 Å². The maximum Gasteiger partial charge on any atom is 0.343 e. The first-order valence-corrected chi connectivity index (χ1v) is 9.57. The molecule has 0 amide bonds. The molecule has 0 heterocycles. The van der Waals surface area contributed by atoms with E-state index in [1.165, 1.54) is 6.07 Å². The van der Waals surface area contributed by atoms with E-state index in [1.807, 2.05) is 41.5 Å². The lowest BCUT2D eigenvalue weighted by molar-refractivity contribution is 0.0695. The topological polar surface area (TPSA) is 83.8 Å². The smallest absolute Gasteiger partial charge is 0.343 e. The maximum atomic E-state index is 12.9. The molecule has 2 rings (SSSR count). The number of carbonyl (C=O) groups is 2. The highest BCUT2D eigenvalue weighted by Crippen LogP contribution is 2.40. The van der Waals surface area contributed by atoms with Crippen LogP contribution in [0.25, 0.3) is 0 Å². The predicted molar refractivity (Wildman–Crippen MR) is 113 cm³/mol. The SMILES string of the molecule is Cc1cc(C(=O)O)c(C)cc1OC(=O)c1cc(C(C)(C)C)c(O)c(C(C)(C)C)c1. The van der Waals surface area contributed by atoms with E-state index in [1.54, 1.807) is 32.0 Å². The molecular formula is C24H30O5. The van der Waals surface area contributed by atoms with Gasteiger partial charge in [-0.05, 0) is 60.1 Å². The molecule has 0 atom stereocenters. The Morgan fingerprint density at radius 2 is 1.31 bits per heavy atom. The van der Waals surface area contributed by atoms with E-state index in [0.717, 1.165) is 0 Å². The minimum Gasteiger partial charge on any atom is -0.507 e. The van der Waals surface area contributed by atoms with Gasteiger partial charge in [0, 0.05) is 11.1 Å². The van der Waals surface area contributed by atoms with Crippen molar-refractivity contribution in [2.24, 2.45) is 0 Å². The number of hydrogen-bond acceptors (Lipinski definition) is 4. The van der Waals surface area contributed by atoms with Gasteiger partial charge in [-0.3, -0.25) is 0 Å². The normalized spacial score (nSPS) is 12.0. The molecule has 156 valence electrons. The molecule has 0 saturated carbocycles. The van der Waals surface area contributed by atoms with Crippen LogP contribution in [0.4, 0.5) is 0 Å². The molecule has 0 bridgehead atoms. The van der Waals surface area contributed by atoms with Crippen molar-refractivity contribution >= 4 is 11.9 Å². The number of ether oxygens (including phenoxy) is 1. The summed E-state index contributed by atoms with van der Waals surface area (Å²) in [5.74, 6) is -1.06. The summed E-state index contributed by atoms with van der Waals surface area (Å²) < 4.78 is 5.61. The Bertz CT molecular complexity index is 937. The lowest BCUT2D eigenvalue weighted by Gasteiger charge is -2.28. The predicted octanol–water partition coefficient (Wildman–Crippen LogP) is 5.52. The van der Waals surface area contributed by atoms with E-state index in [4.69, 9.17) is 4.74 Å². The van der Waals surface area contributed by atoms with Crippen molar-refractivity contribution in [3.8, 4) is 11.5 Å².